The van der Waals surface area contributed by atoms with Gasteiger partial charge in [-0.1, -0.05) is 39.7 Å². The van der Waals surface area contributed by atoms with Crippen LogP contribution in [0.2, 0.25) is 5.02 Å². The Morgan fingerprint density at radius 2 is 1.83 bits per heavy atom. The van der Waals surface area contributed by atoms with E-state index in [1.165, 1.54) is 9.13 Å². The van der Waals surface area contributed by atoms with Crippen LogP contribution in [0.5, 0.6) is 0 Å². The summed E-state index contributed by atoms with van der Waals surface area (Å²) in [4.78, 5) is 0. The summed E-state index contributed by atoms with van der Waals surface area (Å²) in [5, 5.41) is 4.14. The topological polar surface area (TPSA) is 12.0 Å². The smallest absolute Gasteiger partial charge is 0.0648 e. The summed E-state index contributed by atoms with van der Waals surface area (Å²) >= 11 is 11.9. The van der Waals surface area contributed by atoms with Crippen LogP contribution < -0.4 is 5.32 Å². The molecule has 4 heteroatoms. The maximum Gasteiger partial charge on any atom is 0.0648 e. The van der Waals surface area contributed by atoms with E-state index >= 15 is 0 Å². The number of hydrogen-bond acceptors (Lipinski definition) is 1. The van der Waals surface area contributed by atoms with Gasteiger partial charge in [0.2, 0.25) is 0 Å². The zero-order chi connectivity index (χ0) is 13.1. The summed E-state index contributed by atoms with van der Waals surface area (Å²) in [7, 11) is 0. The van der Waals surface area contributed by atoms with E-state index in [0.717, 1.165) is 15.2 Å². The molecule has 0 spiro atoms. The molecule has 0 aliphatic heterocycles. The van der Waals surface area contributed by atoms with Gasteiger partial charge in [-0.05, 0) is 65.4 Å². The molecule has 1 atom stereocenters. The molecule has 18 heavy (non-hydrogen) atoms. The predicted molar refractivity (Wildman–Crippen MR) is 90.3 cm³/mol. The molecule has 0 amide bonds. The molecule has 94 valence electrons. The average Bonchev–Trinajstić information content (AvgIpc) is 2.33. The Morgan fingerprint density at radius 3 is 2.44 bits per heavy atom. The lowest BCUT2D eigenvalue weighted by atomic mass is 10.1. The van der Waals surface area contributed by atoms with Gasteiger partial charge in [0.05, 0.1) is 10.7 Å². The van der Waals surface area contributed by atoms with Crippen molar-refractivity contribution in [2.24, 2.45) is 0 Å². The minimum atomic E-state index is 0.223. The van der Waals surface area contributed by atoms with Crippen molar-refractivity contribution >= 4 is 55.8 Å². The first-order valence-corrected chi connectivity index (χ1v) is 7.78. The van der Waals surface area contributed by atoms with Gasteiger partial charge in [-0.3, -0.25) is 0 Å². The molecule has 0 saturated carbocycles. The van der Waals surface area contributed by atoms with Crippen LogP contribution in [0, 0.1) is 3.57 Å². The largest absolute Gasteiger partial charge is 0.377 e. The van der Waals surface area contributed by atoms with E-state index in [4.69, 9.17) is 11.6 Å². The predicted octanol–water partition coefficient (Wildman–Crippen LogP) is 5.88. The minimum Gasteiger partial charge on any atom is -0.377 e. The number of halogens is 3. The summed E-state index contributed by atoms with van der Waals surface area (Å²) in [6.07, 6.45) is 0. The fourth-order valence-corrected chi connectivity index (χ4v) is 2.76. The van der Waals surface area contributed by atoms with Crippen LogP contribution >= 0.6 is 50.1 Å². The van der Waals surface area contributed by atoms with Gasteiger partial charge in [-0.2, -0.15) is 0 Å². The summed E-state index contributed by atoms with van der Waals surface area (Å²) in [6, 6.07) is 14.6. The van der Waals surface area contributed by atoms with Crippen LogP contribution in [0.25, 0.3) is 0 Å². The van der Waals surface area contributed by atoms with Crippen molar-refractivity contribution in [1.29, 1.82) is 0 Å². The summed E-state index contributed by atoms with van der Waals surface area (Å²) in [5.41, 5.74) is 2.19. The SMILES string of the molecule is CC(Nc1ccc(Br)cc1Cl)c1ccc(I)cc1. The Morgan fingerprint density at radius 1 is 1.17 bits per heavy atom. The van der Waals surface area contributed by atoms with Gasteiger partial charge in [-0.15, -0.1) is 0 Å². The van der Waals surface area contributed by atoms with Crippen LogP contribution in [0.3, 0.4) is 0 Å². The van der Waals surface area contributed by atoms with E-state index in [1.54, 1.807) is 0 Å². The van der Waals surface area contributed by atoms with Crippen molar-refractivity contribution in [3.05, 3.63) is 61.1 Å². The van der Waals surface area contributed by atoms with E-state index in [0.29, 0.717) is 0 Å². The van der Waals surface area contributed by atoms with E-state index in [-0.39, 0.29) is 6.04 Å². The van der Waals surface area contributed by atoms with E-state index in [9.17, 15) is 0 Å². The van der Waals surface area contributed by atoms with E-state index in [2.05, 4.69) is 75.0 Å². The van der Waals surface area contributed by atoms with Gasteiger partial charge in [0.25, 0.3) is 0 Å². The quantitative estimate of drug-likeness (QED) is 0.593. The van der Waals surface area contributed by atoms with E-state index < -0.39 is 0 Å². The van der Waals surface area contributed by atoms with Crippen molar-refractivity contribution < 1.29 is 0 Å². The molecular formula is C14H12BrClIN. The Kier molecular flexibility index (Phi) is 4.92. The number of rotatable bonds is 3. The maximum absolute atomic E-state index is 6.19. The molecule has 0 radical (unpaired) electrons. The van der Waals surface area contributed by atoms with Gasteiger partial charge in [0.1, 0.15) is 0 Å². The molecule has 1 nitrogen and oxygen atoms in total. The summed E-state index contributed by atoms with van der Waals surface area (Å²) < 4.78 is 2.23. The third-order valence-electron chi connectivity index (χ3n) is 2.67. The molecule has 2 aromatic rings. The van der Waals surface area contributed by atoms with Crippen LogP contribution in [-0.4, -0.2) is 0 Å². The third-order valence-corrected chi connectivity index (χ3v) is 4.20. The Hall–Kier alpha value is -0.260. The zero-order valence-electron chi connectivity index (χ0n) is 9.75. The van der Waals surface area contributed by atoms with E-state index in [1.807, 2.05) is 18.2 Å². The highest BCUT2D eigenvalue weighted by atomic mass is 127. The molecule has 0 aromatic heterocycles. The van der Waals surface area contributed by atoms with Crippen LogP contribution in [-0.2, 0) is 0 Å². The van der Waals surface area contributed by atoms with Crippen molar-refractivity contribution in [2.75, 3.05) is 5.32 Å². The molecular weight excluding hydrogens is 424 g/mol. The second kappa shape index (κ2) is 6.26. The van der Waals surface area contributed by atoms with Crippen molar-refractivity contribution in [1.82, 2.24) is 0 Å². The highest BCUT2D eigenvalue weighted by Gasteiger charge is 2.07. The average molecular weight is 437 g/mol. The highest BCUT2D eigenvalue weighted by Crippen LogP contribution is 2.29. The van der Waals surface area contributed by atoms with Gasteiger partial charge in [0.15, 0.2) is 0 Å². The Bertz CT molecular complexity index is 542. The first-order valence-electron chi connectivity index (χ1n) is 5.53. The molecule has 1 N–H and O–H groups in total. The molecule has 0 saturated heterocycles. The van der Waals surface area contributed by atoms with Gasteiger partial charge in [-0.25, -0.2) is 0 Å². The summed E-state index contributed by atoms with van der Waals surface area (Å²) in [6.45, 7) is 2.13. The van der Waals surface area contributed by atoms with Crippen LogP contribution in [0.4, 0.5) is 5.69 Å². The van der Waals surface area contributed by atoms with Crippen molar-refractivity contribution in [3.63, 3.8) is 0 Å². The molecule has 0 heterocycles. The van der Waals surface area contributed by atoms with Crippen LogP contribution in [0.15, 0.2) is 46.9 Å². The number of hydrogen-bond donors (Lipinski definition) is 1. The number of nitrogens with one attached hydrogen (secondary N) is 1. The lowest BCUT2D eigenvalue weighted by Gasteiger charge is -2.17. The Balaban J connectivity index is 2.15. The second-order valence-electron chi connectivity index (χ2n) is 4.04. The van der Waals surface area contributed by atoms with Crippen molar-refractivity contribution in [3.8, 4) is 0 Å². The third kappa shape index (κ3) is 3.62. The molecule has 0 aliphatic rings. The second-order valence-corrected chi connectivity index (χ2v) is 6.61. The first-order chi connectivity index (χ1) is 8.56. The highest BCUT2D eigenvalue weighted by molar-refractivity contribution is 14.1. The van der Waals surface area contributed by atoms with Crippen LogP contribution in [0.1, 0.15) is 18.5 Å². The van der Waals surface area contributed by atoms with Gasteiger partial charge < -0.3 is 5.32 Å². The molecule has 0 bridgehead atoms. The molecule has 0 aliphatic carbocycles. The molecule has 2 aromatic carbocycles. The lowest BCUT2D eigenvalue weighted by Crippen LogP contribution is -2.06. The van der Waals surface area contributed by atoms with Gasteiger partial charge >= 0.3 is 0 Å². The number of benzene rings is 2. The maximum atomic E-state index is 6.19. The normalized spacial score (nSPS) is 12.2. The molecule has 0 fully saturated rings. The zero-order valence-corrected chi connectivity index (χ0v) is 14.3. The molecule has 1 unspecified atom stereocenters. The number of anilines is 1. The van der Waals surface area contributed by atoms with Gasteiger partial charge in [0, 0.05) is 14.1 Å². The summed E-state index contributed by atoms with van der Waals surface area (Å²) in [5.74, 6) is 0. The van der Waals surface area contributed by atoms with Crippen molar-refractivity contribution in [2.45, 2.75) is 13.0 Å². The Labute approximate surface area is 134 Å². The lowest BCUT2D eigenvalue weighted by molar-refractivity contribution is 0.884. The fraction of sp³-hybridized carbons (Fsp3) is 0.143. The first kappa shape index (κ1) is 14.2. The molecule has 2 rings (SSSR count). The minimum absolute atomic E-state index is 0.223. The fourth-order valence-electron chi connectivity index (χ4n) is 1.67. The monoisotopic (exact) mass is 435 g/mol. The standard InChI is InChI=1S/C14H12BrClIN/c1-9(10-2-5-12(17)6-3-10)18-14-7-4-11(15)8-13(14)16/h2-9,18H,1H3.